The Balaban J connectivity index is 1.12. The van der Waals surface area contributed by atoms with E-state index in [9.17, 15) is 4.79 Å². The summed E-state index contributed by atoms with van der Waals surface area (Å²) in [5.41, 5.74) is 3.82. The second-order valence-corrected chi connectivity index (χ2v) is 11.1. The molecule has 3 aliphatic rings. The van der Waals surface area contributed by atoms with E-state index in [1.165, 1.54) is 5.56 Å². The molecule has 3 heterocycles. The van der Waals surface area contributed by atoms with E-state index < -0.39 is 0 Å². The van der Waals surface area contributed by atoms with Gasteiger partial charge >= 0.3 is 6.09 Å². The molecule has 3 aromatic carbocycles. The quantitative estimate of drug-likeness (QED) is 0.378. The number of carbonyl (C=O) groups excluding carboxylic acids is 1. The van der Waals surface area contributed by atoms with Crippen molar-refractivity contribution in [2.24, 2.45) is 0 Å². The highest BCUT2D eigenvalue weighted by molar-refractivity contribution is 5.69. The second-order valence-electron chi connectivity index (χ2n) is 11.1. The Labute approximate surface area is 236 Å². The molecule has 3 aliphatic heterocycles. The van der Waals surface area contributed by atoms with Gasteiger partial charge in [0.2, 0.25) is 0 Å². The van der Waals surface area contributed by atoms with E-state index in [0.717, 1.165) is 74.2 Å². The van der Waals surface area contributed by atoms with Crippen LogP contribution in [0.4, 0.5) is 4.79 Å². The van der Waals surface area contributed by atoms with Crippen LogP contribution in [-0.2, 0) is 27.2 Å². The average molecular weight is 543 g/mol. The number of carbonyl (C=O) groups is 1. The van der Waals surface area contributed by atoms with Gasteiger partial charge in [-0.15, -0.1) is 0 Å². The number of fused-ring (bicyclic) bond motifs is 2. The lowest BCUT2D eigenvalue weighted by atomic mass is 9.84. The molecule has 1 atom stereocenters. The number of hydrogen-bond donors (Lipinski definition) is 1. The van der Waals surface area contributed by atoms with Crippen molar-refractivity contribution in [1.82, 2.24) is 10.2 Å². The fourth-order valence-electron chi connectivity index (χ4n) is 6.13. The van der Waals surface area contributed by atoms with E-state index in [2.05, 4.69) is 34.5 Å². The van der Waals surface area contributed by atoms with Gasteiger partial charge in [0, 0.05) is 13.0 Å². The highest BCUT2D eigenvalue weighted by Gasteiger charge is 2.41. The minimum atomic E-state index is -0.376. The molecule has 210 valence electrons. The molecule has 0 saturated carbocycles. The average Bonchev–Trinajstić information content (AvgIpc) is 3.49. The molecule has 0 radical (unpaired) electrons. The lowest BCUT2D eigenvalue weighted by Gasteiger charge is -2.46. The van der Waals surface area contributed by atoms with Crippen molar-refractivity contribution in [3.8, 4) is 5.75 Å². The van der Waals surface area contributed by atoms with Gasteiger partial charge in [-0.1, -0.05) is 66.7 Å². The van der Waals surface area contributed by atoms with Crippen LogP contribution in [-0.4, -0.2) is 55.7 Å². The number of amides is 1. The molecule has 6 rings (SSSR count). The summed E-state index contributed by atoms with van der Waals surface area (Å²) in [7, 11) is 0. The van der Waals surface area contributed by atoms with Gasteiger partial charge in [0.1, 0.15) is 18.0 Å². The molecular formula is C33H38N2O5. The van der Waals surface area contributed by atoms with Crippen LogP contribution < -0.4 is 10.1 Å². The first-order chi connectivity index (χ1) is 19.6. The van der Waals surface area contributed by atoms with Crippen LogP contribution in [0.25, 0.3) is 0 Å². The maximum Gasteiger partial charge on any atom is 0.408 e. The van der Waals surface area contributed by atoms with E-state index in [-0.39, 0.29) is 24.0 Å². The van der Waals surface area contributed by atoms with Gasteiger partial charge in [-0.25, -0.2) is 4.79 Å². The Morgan fingerprint density at radius 3 is 2.35 bits per heavy atom. The van der Waals surface area contributed by atoms with Crippen molar-refractivity contribution < 1.29 is 23.7 Å². The number of nitrogens with one attached hydrogen (secondary N) is 1. The third kappa shape index (κ3) is 6.66. The predicted octanol–water partition coefficient (Wildman–Crippen LogP) is 5.63. The first-order valence-corrected chi connectivity index (χ1v) is 14.4. The second kappa shape index (κ2) is 12.4. The number of ether oxygens (including phenoxy) is 4. The number of rotatable bonds is 9. The van der Waals surface area contributed by atoms with Crippen molar-refractivity contribution in [2.75, 3.05) is 32.8 Å². The first-order valence-electron chi connectivity index (χ1n) is 14.4. The van der Waals surface area contributed by atoms with Crippen LogP contribution >= 0.6 is 0 Å². The normalized spacial score (nSPS) is 23.4. The molecule has 0 aromatic heterocycles. The fourth-order valence-corrected chi connectivity index (χ4v) is 6.13. The molecule has 0 spiro atoms. The number of benzene rings is 3. The zero-order chi connectivity index (χ0) is 27.2. The largest absolute Gasteiger partial charge is 0.489 e. The highest BCUT2D eigenvalue weighted by atomic mass is 16.7. The van der Waals surface area contributed by atoms with Crippen LogP contribution in [0, 0.1) is 0 Å². The van der Waals surface area contributed by atoms with E-state index >= 15 is 0 Å². The topological polar surface area (TPSA) is 69.3 Å². The summed E-state index contributed by atoms with van der Waals surface area (Å²) in [5, 5.41) is 3.18. The maximum atomic E-state index is 13.3. The summed E-state index contributed by atoms with van der Waals surface area (Å²) in [6, 6.07) is 26.0. The molecule has 2 bridgehead atoms. The summed E-state index contributed by atoms with van der Waals surface area (Å²) in [5.74, 6) is 0.749. The molecule has 1 unspecified atom stereocenters. The number of hydrogen-bond acceptors (Lipinski definition) is 6. The summed E-state index contributed by atoms with van der Waals surface area (Å²) in [6.45, 7) is 4.81. The van der Waals surface area contributed by atoms with Crippen molar-refractivity contribution >= 4 is 6.09 Å². The smallest absolute Gasteiger partial charge is 0.408 e. The summed E-state index contributed by atoms with van der Waals surface area (Å²) in [4.78, 5) is 15.7. The first kappa shape index (κ1) is 26.8. The van der Waals surface area contributed by atoms with Crippen LogP contribution in [0.1, 0.15) is 54.0 Å². The van der Waals surface area contributed by atoms with Crippen LogP contribution in [0.3, 0.4) is 0 Å². The van der Waals surface area contributed by atoms with Crippen molar-refractivity contribution in [3.05, 3.63) is 101 Å². The number of alkyl carbamates (subject to hydrolysis) is 1. The van der Waals surface area contributed by atoms with Crippen molar-refractivity contribution in [3.63, 3.8) is 0 Å². The highest BCUT2D eigenvalue weighted by Crippen LogP contribution is 2.34. The molecular weight excluding hydrogens is 504 g/mol. The molecule has 7 heteroatoms. The minimum absolute atomic E-state index is 0.145. The van der Waals surface area contributed by atoms with Crippen LogP contribution in [0.5, 0.6) is 5.75 Å². The SMILES string of the molecule is O=C(NC(c1ccccc1)c1cccc(OCc2ccc(CC3OCCO3)cc2)c1)OC12CCCN(CCC1)C2. The predicted molar refractivity (Wildman–Crippen MR) is 152 cm³/mol. The third-order valence-electron chi connectivity index (χ3n) is 8.14. The van der Waals surface area contributed by atoms with Gasteiger partial charge in [0.15, 0.2) is 6.29 Å². The summed E-state index contributed by atoms with van der Waals surface area (Å²) < 4.78 is 23.4. The molecule has 40 heavy (non-hydrogen) atoms. The van der Waals surface area contributed by atoms with Gasteiger partial charge < -0.3 is 24.3 Å². The molecule has 7 nitrogen and oxygen atoms in total. The maximum absolute atomic E-state index is 13.3. The van der Waals surface area contributed by atoms with E-state index in [0.29, 0.717) is 19.8 Å². The molecule has 0 aliphatic carbocycles. The van der Waals surface area contributed by atoms with Gasteiger partial charge in [-0.2, -0.15) is 0 Å². The summed E-state index contributed by atoms with van der Waals surface area (Å²) >= 11 is 0. The van der Waals surface area contributed by atoms with Gasteiger partial charge in [-0.05, 0) is 73.2 Å². The Morgan fingerprint density at radius 2 is 1.60 bits per heavy atom. The fraction of sp³-hybridized carbons (Fsp3) is 0.424. The molecule has 3 fully saturated rings. The zero-order valence-electron chi connectivity index (χ0n) is 22.9. The van der Waals surface area contributed by atoms with Crippen molar-refractivity contribution in [2.45, 2.75) is 56.6 Å². The molecule has 1 N–H and O–H groups in total. The third-order valence-corrected chi connectivity index (χ3v) is 8.14. The lowest BCUT2D eigenvalue weighted by molar-refractivity contribution is -0.0715. The van der Waals surface area contributed by atoms with Crippen molar-refractivity contribution in [1.29, 1.82) is 0 Å². The van der Waals surface area contributed by atoms with Crippen LogP contribution in [0.2, 0.25) is 0 Å². The standard InChI is InChI=1S/C33H38N2O5/c36-32(40-33-15-5-17-35(24-33)18-6-16-33)34-31(27-7-2-1-3-8-27)28-9-4-10-29(22-28)39-23-26-13-11-25(12-14-26)21-30-37-19-20-38-30/h1-4,7-14,22,30-31H,5-6,15-21,23-24H2,(H,34,36). The Hall–Kier alpha value is -3.39. The molecule has 3 saturated heterocycles. The molecule has 3 aromatic rings. The van der Waals surface area contributed by atoms with Gasteiger partial charge in [-0.3, -0.25) is 4.90 Å². The Morgan fingerprint density at radius 1 is 0.900 bits per heavy atom. The number of piperidine rings is 2. The number of nitrogens with zero attached hydrogens (tertiary/aromatic N) is 1. The van der Waals surface area contributed by atoms with E-state index in [1.54, 1.807) is 0 Å². The van der Waals surface area contributed by atoms with Crippen LogP contribution in [0.15, 0.2) is 78.9 Å². The Bertz CT molecular complexity index is 1250. The minimum Gasteiger partial charge on any atom is -0.489 e. The lowest BCUT2D eigenvalue weighted by Crippen LogP contribution is -2.55. The molecule has 1 amide bonds. The van der Waals surface area contributed by atoms with E-state index in [1.807, 2.05) is 54.6 Å². The zero-order valence-corrected chi connectivity index (χ0v) is 22.9. The monoisotopic (exact) mass is 542 g/mol. The Kier molecular flexibility index (Phi) is 8.32. The van der Waals surface area contributed by atoms with Gasteiger partial charge in [0.25, 0.3) is 0 Å². The summed E-state index contributed by atoms with van der Waals surface area (Å²) in [6.07, 6.45) is 4.24. The van der Waals surface area contributed by atoms with E-state index in [4.69, 9.17) is 18.9 Å². The van der Waals surface area contributed by atoms with Gasteiger partial charge in [0.05, 0.1) is 19.3 Å².